The Morgan fingerprint density at radius 1 is 0.939 bits per heavy atom. The fourth-order valence-electron chi connectivity index (χ4n) is 3.57. The fraction of sp³-hybridized carbons (Fsp3) is 0.700. The number of rotatable bonds is 9. The fourth-order valence-corrected chi connectivity index (χ4v) is 3.57. The minimum Gasteiger partial charge on any atom is -0.463 e. The molecule has 0 unspecified atom stereocenters. The lowest BCUT2D eigenvalue weighted by Crippen LogP contribution is -2.66. The van der Waals surface area contributed by atoms with E-state index in [1.165, 1.54) is 13.8 Å². The number of hydrogen-bond donors (Lipinski definition) is 1. The summed E-state index contributed by atoms with van der Waals surface area (Å²) in [5, 5.41) is 2.56. The molecule has 2 aliphatic heterocycles. The summed E-state index contributed by atoms with van der Waals surface area (Å²) in [4.78, 5) is 71.3. The summed E-state index contributed by atoms with van der Waals surface area (Å²) in [7, 11) is 0. The first kappa shape index (κ1) is 26.2. The Labute approximate surface area is 190 Å². The van der Waals surface area contributed by atoms with Crippen molar-refractivity contribution in [2.75, 3.05) is 19.8 Å². The van der Waals surface area contributed by atoms with Crippen LogP contribution in [-0.2, 0) is 52.5 Å². The molecule has 33 heavy (non-hydrogen) atoms. The van der Waals surface area contributed by atoms with E-state index in [0.29, 0.717) is 0 Å². The number of carbonyl (C=O) groups excluding carboxylic acids is 6. The van der Waals surface area contributed by atoms with Gasteiger partial charge >= 0.3 is 17.9 Å². The number of nitrogens with zero attached hydrogens (tertiary/aromatic N) is 1. The molecule has 2 fully saturated rings. The predicted octanol–water partition coefficient (Wildman–Crippen LogP) is -1.19. The largest absolute Gasteiger partial charge is 0.463 e. The lowest BCUT2D eigenvalue weighted by molar-refractivity contribution is -0.277. The van der Waals surface area contributed by atoms with Gasteiger partial charge in [0.05, 0.1) is 13.2 Å². The minimum atomic E-state index is -1.25. The van der Waals surface area contributed by atoms with Crippen LogP contribution in [0.1, 0.15) is 40.5 Å². The molecule has 0 saturated carbocycles. The van der Waals surface area contributed by atoms with Gasteiger partial charge in [0.25, 0.3) is 0 Å². The van der Waals surface area contributed by atoms with Gasteiger partial charge in [0.15, 0.2) is 18.5 Å². The van der Waals surface area contributed by atoms with E-state index in [1.807, 2.05) is 0 Å². The summed E-state index contributed by atoms with van der Waals surface area (Å²) in [6, 6.07) is -1.12. The molecule has 1 N–H and O–H groups in total. The van der Waals surface area contributed by atoms with Crippen molar-refractivity contribution in [1.82, 2.24) is 10.2 Å². The first-order chi connectivity index (χ1) is 15.5. The van der Waals surface area contributed by atoms with Crippen LogP contribution >= 0.6 is 0 Å². The number of carbonyl (C=O) groups is 6. The second kappa shape index (κ2) is 11.7. The van der Waals surface area contributed by atoms with E-state index in [0.717, 1.165) is 18.7 Å². The summed E-state index contributed by atoms with van der Waals surface area (Å²) in [5.74, 6) is -3.25. The van der Waals surface area contributed by atoms with Gasteiger partial charge in [-0.25, -0.2) is 0 Å². The molecular formula is C20H28N2O11. The Morgan fingerprint density at radius 3 is 2.03 bits per heavy atom. The number of hydrogen-bond acceptors (Lipinski definition) is 11. The van der Waals surface area contributed by atoms with Crippen molar-refractivity contribution in [3.05, 3.63) is 0 Å². The standard InChI is InChI=1S/C20H28N2O11/c1-10(23)21-17-19(32-13(4)26)18(31-12(3)25)14(9-30-11(2)24)33-20(17)29-8-7-22-15(27)5-6-16(22)28/h14,17-20H,5-9H2,1-4H3,(H,21,23)/t14-,17+,18-,19+,20-/m1/s1. The molecule has 2 rings (SSSR count). The van der Waals surface area contributed by atoms with Gasteiger partial charge in [0.2, 0.25) is 17.7 Å². The van der Waals surface area contributed by atoms with Crippen molar-refractivity contribution in [1.29, 1.82) is 0 Å². The summed E-state index contributed by atoms with van der Waals surface area (Å²) in [6.07, 6.45) is -4.59. The smallest absolute Gasteiger partial charge is 0.303 e. The molecule has 2 saturated heterocycles. The van der Waals surface area contributed by atoms with Gasteiger partial charge < -0.3 is 29.0 Å². The SMILES string of the molecule is CC(=O)N[C@@H]1[C@H](OCCN2C(=O)CCC2=O)O[C@H](COC(C)=O)[C@@H](OC(C)=O)[C@H]1OC(C)=O. The summed E-state index contributed by atoms with van der Waals surface area (Å²) < 4.78 is 27.2. The third-order valence-electron chi connectivity index (χ3n) is 4.82. The van der Waals surface area contributed by atoms with E-state index in [9.17, 15) is 28.8 Å². The molecule has 0 aromatic heterocycles. The van der Waals surface area contributed by atoms with Crippen molar-refractivity contribution in [2.45, 2.75) is 71.2 Å². The highest BCUT2D eigenvalue weighted by atomic mass is 16.7. The van der Waals surface area contributed by atoms with Gasteiger partial charge in [-0.15, -0.1) is 0 Å². The second-order valence-corrected chi connectivity index (χ2v) is 7.53. The number of amides is 3. The van der Waals surface area contributed by atoms with Gasteiger partial charge in [-0.1, -0.05) is 0 Å². The third kappa shape index (κ3) is 7.49. The predicted molar refractivity (Wildman–Crippen MR) is 106 cm³/mol. The van der Waals surface area contributed by atoms with E-state index >= 15 is 0 Å². The van der Waals surface area contributed by atoms with Gasteiger partial charge in [-0.05, 0) is 0 Å². The Morgan fingerprint density at radius 2 is 1.52 bits per heavy atom. The lowest BCUT2D eigenvalue weighted by Gasteiger charge is -2.45. The molecule has 0 aromatic rings. The maximum atomic E-state index is 11.8. The van der Waals surface area contributed by atoms with Crippen LogP contribution in [0.15, 0.2) is 0 Å². The van der Waals surface area contributed by atoms with Crippen LogP contribution in [0.4, 0.5) is 0 Å². The van der Waals surface area contributed by atoms with Crippen LogP contribution < -0.4 is 5.32 Å². The van der Waals surface area contributed by atoms with Crippen molar-refractivity contribution in [3.63, 3.8) is 0 Å². The lowest BCUT2D eigenvalue weighted by atomic mass is 9.96. The number of nitrogens with one attached hydrogen (secondary N) is 1. The first-order valence-electron chi connectivity index (χ1n) is 10.3. The Balaban J connectivity index is 2.27. The quantitative estimate of drug-likeness (QED) is 0.244. The highest BCUT2D eigenvalue weighted by Crippen LogP contribution is 2.28. The van der Waals surface area contributed by atoms with E-state index < -0.39 is 54.5 Å². The van der Waals surface area contributed by atoms with Crippen molar-refractivity contribution < 1.29 is 52.5 Å². The molecule has 0 aliphatic carbocycles. The molecule has 0 aromatic carbocycles. The van der Waals surface area contributed by atoms with E-state index in [1.54, 1.807) is 0 Å². The molecule has 13 heteroatoms. The maximum Gasteiger partial charge on any atom is 0.303 e. The van der Waals surface area contributed by atoms with E-state index in [4.69, 9.17) is 23.7 Å². The highest BCUT2D eigenvalue weighted by molar-refractivity contribution is 6.01. The zero-order valence-electron chi connectivity index (χ0n) is 18.9. The summed E-state index contributed by atoms with van der Waals surface area (Å²) >= 11 is 0. The zero-order valence-corrected chi connectivity index (χ0v) is 18.9. The molecule has 13 nitrogen and oxygen atoms in total. The van der Waals surface area contributed by atoms with Gasteiger partial charge in [-0.2, -0.15) is 0 Å². The van der Waals surface area contributed by atoms with Crippen molar-refractivity contribution in [3.8, 4) is 0 Å². The van der Waals surface area contributed by atoms with Gasteiger partial charge in [-0.3, -0.25) is 33.7 Å². The monoisotopic (exact) mass is 472 g/mol. The summed E-state index contributed by atoms with van der Waals surface area (Å²) in [6.45, 7) is 4.09. The van der Waals surface area contributed by atoms with E-state index in [-0.39, 0.29) is 44.4 Å². The van der Waals surface area contributed by atoms with E-state index in [2.05, 4.69) is 5.32 Å². The minimum absolute atomic E-state index is 0.0511. The topological polar surface area (TPSA) is 164 Å². The van der Waals surface area contributed by atoms with Crippen LogP contribution in [0.3, 0.4) is 0 Å². The van der Waals surface area contributed by atoms with Crippen molar-refractivity contribution in [2.24, 2.45) is 0 Å². The number of likely N-dealkylation sites (tertiary alicyclic amines) is 1. The van der Waals surface area contributed by atoms with Crippen LogP contribution in [0.5, 0.6) is 0 Å². The molecule has 3 amide bonds. The van der Waals surface area contributed by atoms with Crippen LogP contribution in [0.2, 0.25) is 0 Å². The Bertz CT molecular complexity index is 783. The van der Waals surface area contributed by atoms with Crippen LogP contribution in [-0.4, -0.2) is 90.9 Å². The maximum absolute atomic E-state index is 11.8. The molecule has 0 bridgehead atoms. The van der Waals surface area contributed by atoms with Gasteiger partial charge in [0.1, 0.15) is 18.8 Å². The molecule has 2 heterocycles. The van der Waals surface area contributed by atoms with Crippen LogP contribution in [0, 0.1) is 0 Å². The average Bonchev–Trinajstić information content (AvgIpc) is 3.01. The second-order valence-electron chi connectivity index (χ2n) is 7.53. The average molecular weight is 472 g/mol. The summed E-state index contributed by atoms with van der Waals surface area (Å²) in [5.41, 5.74) is 0. The third-order valence-corrected chi connectivity index (χ3v) is 4.82. The Kier molecular flexibility index (Phi) is 9.29. The normalized spacial score (nSPS) is 27.2. The first-order valence-corrected chi connectivity index (χ1v) is 10.3. The molecular weight excluding hydrogens is 444 g/mol. The number of ether oxygens (including phenoxy) is 5. The Hall–Kier alpha value is -3.06. The van der Waals surface area contributed by atoms with Crippen molar-refractivity contribution >= 4 is 35.6 Å². The molecule has 5 atom stereocenters. The highest BCUT2D eigenvalue weighted by Gasteiger charge is 2.51. The molecule has 0 spiro atoms. The number of imide groups is 1. The van der Waals surface area contributed by atoms with Crippen LogP contribution in [0.25, 0.3) is 0 Å². The number of esters is 3. The molecule has 2 aliphatic rings. The molecule has 0 radical (unpaired) electrons. The zero-order chi connectivity index (χ0) is 24.7. The molecule has 184 valence electrons. The van der Waals surface area contributed by atoms with Gasteiger partial charge in [0, 0.05) is 40.5 Å².